The highest BCUT2D eigenvalue weighted by Gasteiger charge is 2.42. The molecule has 0 saturated heterocycles. The third-order valence-corrected chi connectivity index (χ3v) is 5.86. The molecule has 1 aromatic carbocycles. The van der Waals surface area contributed by atoms with E-state index in [2.05, 4.69) is 25.5 Å². The molecule has 31 heavy (non-hydrogen) atoms. The van der Waals surface area contributed by atoms with Crippen LogP contribution in [0.4, 0.5) is 4.39 Å². The van der Waals surface area contributed by atoms with E-state index in [1.165, 1.54) is 6.20 Å². The van der Waals surface area contributed by atoms with E-state index < -0.39 is 11.7 Å². The number of rotatable bonds is 5. The minimum absolute atomic E-state index is 0.0530. The fourth-order valence-corrected chi connectivity index (χ4v) is 3.90. The van der Waals surface area contributed by atoms with E-state index in [4.69, 9.17) is 4.74 Å². The van der Waals surface area contributed by atoms with E-state index in [1.807, 2.05) is 13.0 Å². The molecule has 162 valence electrons. The second-order valence-electron chi connectivity index (χ2n) is 7.89. The fourth-order valence-electron chi connectivity index (χ4n) is 3.90. The van der Waals surface area contributed by atoms with Gasteiger partial charge in [-0.05, 0) is 50.6 Å². The van der Waals surface area contributed by atoms with Gasteiger partial charge in [-0.15, -0.1) is 10.2 Å². The molecule has 1 fully saturated rings. The molecule has 1 saturated carbocycles. The highest BCUT2D eigenvalue weighted by atomic mass is 19.1. The molecule has 9 heteroatoms. The van der Waals surface area contributed by atoms with Gasteiger partial charge in [-0.1, -0.05) is 0 Å². The summed E-state index contributed by atoms with van der Waals surface area (Å²) in [7, 11) is 3.38. The van der Waals surface area contributed by atoms with E-state index in [1.54, 1.807) is 55.7 Å². The van der Waals surface area contributed by atoms with Crippen molar-refractivity contribution >= 4 is 6.08 Å². The second-order valence-corrected chi connectivity index (χ2v) is 7.89. The minimum Gasteiger partial charge on any atom is -0.507 e. The van der Waals surface area contributed by atoms with Crippen molar-refractivity contribution in [3.63, 3.8) is 0 Å². The molecule has 0 bridgehead atoms. The standard InChI is InChI=1S/C22H25FN6O2/c1-22(24-2)11-16(31-3)8-14(21(22)23)9-20-26-12-18(27-28-20)17-5-4-15(10-19(17)30)29-7-6-25-13-29/h4-7,9-10,12-13,16,21,24,30H,8,11H2,1-3H3/b14-9+/t16-,21-,22-/m0/s1. The van der Waals surface area contributed by atoms with E-state index in [-0.39, 0.29) is 11.9 Å². The molecule has 0 radical (unpaired) electrons. The number of methoxy groups -OCH3 is 1. The van der Waals surface area contributed by atoms with Crippen LogP contribution in [0.25, 0.3) is 23.0 Å². The lowest BCUT2D eigenvalue weighted by molar-refractivity contribution is 0.0268. The number of aromatic hydroxyl groups is 1. The maximum atomic E-state index is 15.1. The average molecular weight is 424 g/mol. The Hall–Kier alpha value is -3.17. The first-order valence-electron chi connectivity index (χ1n) is 10.0. The molecule has 8 nitrogen and oxygen atoms in total. The number of hydrogen-bond acceptors (Lipinski definition) is 7. The number of alkyl halides is 1. The molecule has 3 aromatic rings. The van der Waals surface area contributed by atoms with Crippen molar-refractivity contribution in [2.75, 3.05) is 14.2 Å². The molecular formula is C22H25FN6O2. The van der Waals surface area contributed by atoms with Gasteiger partial charge in [0.25, 0.3) is 0 Å². The summed E-state index contributed by atoms with van der Waals surface area (Å²) >= 11 is 0. The summed E-state index contributed by atoms with van der Waals surface area (Å²) in [5.41, 5.74) is 1.55. The van der Waals surface area contributed by atoms with Crippen molar-refractivity contribution in [2.24, 2.45) is 0 Å². The van der Waals surface area contributed by atoms with Crippen LogP contribution >= 0.6 is 0 Å². The van der Waals surface area contributed by atoms with Crippen molar-refractivity contribution in [3.8, 4) is 22.7 Å². The van der Waals surface area contributed by atoms with Crippen LogP contribution < -0.4 is 5.32 Å². The number of ether oxygens (including phenoxy) is 1. The smallest absolute Gasteiger partial charge is 0.174 e. The zero-order chi connectivity index (χ0) is 22.0. The number of phenols is 1. The Morgan fingerprint density at radius 2 is 2.19 bits per heavy atom. The van der Waals surface area contributed by atoms with E-state index >= 15 is 4.39 Å². The largest absolute Gasteiger partial charge is 0.507 e. The topological polar surface area (TPSA) is 98.0 Å². The Kier molecular flexibility index (Phi) is 5.79. The molecule has 2 heterocycles. The summed E-state index contributed by atoms with van der Waals surface area (Å²) in [6, 6.07) is 5.20. The fraction of sp³-hybridized carbons (Fsp3) is 0.364. The highest BCUT2D eigenvalue weighted by molar-refractivity contribution is 5.68. The number of nitrogens with one attached hydrogen (secondary N) is 1. The first-order chi connectivity index (χ1) is 14.9. The third kappa shape index (κ3) is 4.19. The van der Waals surface area contributed by atoms with Crippen molar-refractivity contribution in [3.05, 3.63) is 54.5 Å². The Labute approximate surface area is 179 Å². The molecule has 4 rings (SSSR count). The van der Waals surface area contributed by atoms with Crippen LogP contribution in [0.5, 0.6) is 5.75 Å². The third-order valence-electron chi connectivity index (χ3n) is 5.86. The van der Waals surface area contributed by atoms with Crippen LogP contribution in [0, 0.1) is 0 Å². The van der Waals surface area contributed by atoms with Gasteiger partial charge < -0.3 is 19.7 Å². The van der Waals surface area contributed by atoms with Crippen LogP contribution in [-0.4, -0.2) is 61.8 Å². The predicted molar refractivity (Wildman–Crippen MR) is 114 cm³/mol. The molecule has 1 aliphatic carbocycles. The first kappa shape index (κ1) is 21.1. The molecule has 3 atom stereocenters. The van der Waals surface area contributed by atoms with Gasteiger partial charge >= 0.3 is 0 Å². The van der Waals surface area contributed by atoms with Gasteiger partial charge in [-0.2, -0.15) is 0 Å². The zero-order valence-electron chi connectivity index (χ0n) is 17.7. The molecule has 0 aliphatic heterocycles. The number of phenolic OH excluding ortho intramolecular Hbond substituents is 1. The lowest BCUT2D eigenvalue weighted by atomic mass is 9.77. The van der Waals surface area contributed by atoms with Gasteiger partial charge in [0.05, 0.1) is 29.9 Å². The summed E-state index contributed by atoms with van der Waals surface area (Å²) in [5.74, 6) is 0.364. The van der Waals surface area contributed by atoms with Gasteiger partial charge in [-0.25, -0.2) is 14.4 Å². The van der Waals surface area contributed by atoms with Gasteiger partial charge in [0.2, 0.25) is 0 Å². The summed E-state index contributed by atoms with van der Waals surface area (Å²) in [5, 5.41) is 21.8. The second kappa shape index (κ2) is 8.52. The van der Waals surface area contributed by atoms with Gasteiger partial charge in [0, 0.05) is 31.1 Å². The Morgan fingerprint density at radius 1 is 1.35 bits per heavy atom. The Balaban J connectivity index is 1.58. The van der Waals surface area contributed by atoms with E-state index in [9.17, 15) is 5.11 Å². The molecule has 2 N–H and O–H groups in total. The van der Waals surface area contributed by atoms with E-state index in [0.717, 1.165) is 5.69 Å². The summed E-state index contributed by atoms with van der Waals surface area (Å²) in [6.45, 7) is 1.84. The highest BCUT2D eigenvalue weighted by Crippen LogP contribution is 2.36. The van der Waals surface area contributed by atoms with Crippen molar-refractivity contribution in [1.29, 1.82) is 0 Å². The maximum Gasteiger partial charge on any atom is 0.174 e. The molecule has 0 amide bonds. The number of hydrogen-bond donors (Lipinski definition) is 2. The Bertz CT molecular complexity index is 1070. The quantitative estimate of drug-likeness (QED) is 0.650. The summed E-state index contributed by atoms with van der Waals surface area (Å²) < 4.78 is 22.4. The lowest BCUT2D eigenvalue weighted by Gasteiger charge is -2.41. The summed E-state index contributed by atoms with van der Waals surface area (Å²) in [4.78, 5) is 8.32. The molecule has 2 aromatic heterocycles. The maximum absolute atomic E-state index is 15.1. The van der Waals surface area contributed by atoms with Crippen molar-refractivity contribution < 1.29 is 14.2 Å². The SMILES string of the molecule is CN[C@@]1(C)C[C@@H](OC)C/C(=C\c2ncc(-c3ccc(-n4ccnc4)cc3O)nn2)[C@@H]1F. The van der Waals surface area contributed by atoms with Crippen molar-refractivity contribution in [1.82, 2.24) is 30.0 Å². The molecule has 0 unspecified atom stereocenters. The van der Waals surface area contributed by atoms with Crippen LogP contribution in [0.2, 0.25) is 0 Å². The Morgan fingerprint density at radius 3 is 2.81 bits per heavy atom. The monoisotopic (exact) mass is 424 g/mol. The average Bonchev–Trinajstić information content (AvgIpc) is 3.32. The van der Waals surface area contributed by atoms with Crippen LogP contribution in [0.15, 0.2) is 48.7 Å². The zero-order valence-corrected chi connectivity index (χ0v) is 17.7. The number of nitrogens with zero attached hydrogens (tertiary/aromatic N) is 5. The molecule has 0 spiro atoms. The summed E-state index contributed by atoms with van der Waals surface area (Å²) in [6.07, 6.45) is 8.01. The normalized spacial score (nSPS) is 25.1. The van der Waals surface area contributed by atoms with Crippen LogP contribution in [0.3, 0.4) is 0 Å². The predicted octanol–water partition coefficient (Wildman–Crippen LogP) is 2.94. The minimum atomic E-state index is -1.19. The number of halogens is 1. The lowest BCUT2D eigenvalue weighted by Crippen LogP contribution is -2.54. The number of imidazole rings is 1. The van der Waals surface area contributed by atoms with Gasteiger partial charge in [0.15, 0.2) is 5.82 Å². The number of benzene rings is 1. The van der Waals surface area contributed by atoms with Gasteiger partial charge in [-0.3, -0.25) is 0 Å². The van der Waals surface area contributed by atoms with Crippen LogP contribution in [0.1, 0.15) is 25.6 Å². The molecule has 1 aliphatic rings. The number of aromatic nitrogens is 5. The van der Waals surface area contributed by atoms with E-state index in [0.29, 0.717) is 35.5 Å². The first-order valence-corrected chi connectivity index (χ1v) is 10.0. The van der Waals surface area contributed by atoms with Crippen LogP contribution in [-0.2, 0) is 4.74 Å². The van der Waals surface area contributed by atoms with Gasteiger partial charge in [0.1, 0.15) is 17.6 Å². The van der Waals surface area contributed by atoms with Crippen molar-refractivity contribution in [2.45, 2.75) is 37.6 Å². The molecular weight excluding hydrogens is 399 g/mol.